The molecule has 0 radical (unpaired) electrons. The molecule has 2 rings (SSSR count). The normalized spacial score (nSPS) is 9.75. The van der Waals surface area contributed by atoms with E-state index in [2.05, 4.69) is 4.98 Å². The summed E-state index contributed by atoms with van der Waals surface area (Å²) in [7, 11) is 0. The van der Waals surface area contributed by atoms with E-state index in [4.69, 9.17) is 5.26 Å². The van der Waals surface area contributed by atoms with Crippen molar-refractivity contribution in [2.24, 2.45) is 0 Å². The highest BCUT2D eigenvalue weighted by Crippen LogP contribution is 2.16. The molecule has 3 nitrogen and oxygen atoms in total. The van der Waals surface area contributed by atoms with Crippen molar-refractivity contribution in [3.63, 3.8) is 0 Å². The fraction of sp³-hybridized carbons (Fsp3) is 0. The minimum Gasteiger partial charge on any atom is -0.321 e. The third-order valence-electron chi connectivity index (χ3n) is 2.17. The summed E-state index contributed by atoms with van der Waals surface area (Å²) < 4.78 is 13.0. The van der Waals surface area contributed by atoms with Crippen molar-refractivity contribution >= 4 is 0 Å². The van der Waals surface area contributed by atoms with Gasteiger partial charge in [0, 0.05) is 11.3 Å². The molecule has 16 heavy (non-hydrogen) atoms. The van der Waals surface area contributed by atoms with E-state index in [-0.39, 0.29) is 11.4 Å². The van der Waals surface area contributed by atoms with E-state index in [1.54, 1.807) is 24.3 Å². The molecule has 1 aromatic heterocycles. The molecule has 78 valence electrons. The van der Waals surface area contributed by atoms with Crippen LogP contribution in [0.4, 0.5) is 4.39 Å². The quantitative estimate of drug-likeness (QED) is 0.789. The van der Waals surface area contributed by atoms with Crippen LogP contribution in [0, 0.1) is 17.1 Å². The van der Waals surface area contributed by atoms with Crippen LogP contribution < -0.4 is 5.56 Å². The van der Waals surface area contributed by atoms with Crippen LogP contribution >= 0.6 is 0 Å². The fourth-order valence-electron chi connectivity index (χ4n) is 1.39. The van der Waals surface area contributed by atoms with Crippen LogP contribution in [0.1, 0.15) is 5.56 Å². The molecule has 0 aliphatic heterocycles. The van der Waals surface area contributed by atoms with E-state index in [1.807, 2.05) is 0 Å². The Hall–Kier alpha value is -2.41. The number of halogens is 1. The van der Waals surface area contributed by atoms with Gasteiger partial charge in [-0.25, -0.2) is 4.39 Å². The predicted molar refractivity (Wildman–Crippen MR) is 57.2 cm³/mol. The summed E-state index contributed by atoms with van der Waals surface area (Å²) in [6.07, 6.45) is 0. The number of pyridine rings is 1. The molecular weight excluding hydrogens is 207 g/mol. The van der Waals surface area contributed by atoms with Crippen LogP contribution in [-0.2, 0) is 0 Å². The van der Waals surface area contributed by atoms with Gasteiger partial charge in [-0.05, 0) is 24.3 Å². The van der Waals surface area contributed by atoms with Gasteiger partial charge in [-0.1, -0.05) is 12.1 Å². The third-order valence-corrected chi connectivity index (χ3v) is 2.17. The van der Waals surface area contributed by atoms with Gasteiger partial charge in [0.1, 0.15) is 17.4 Å². The Morgan fingerprint density at radius 3 is 2.69 bits per heavy atom. The zero-order valence-electron chi connectivity index (χ0n) is 8.20. The Labute approximate surface area is 90.8 Å². The molecule has 0 spiro atoms. The summed E-state index contributed by atoms with van der Waals surface area (Å²) in [5, 5.41) is 8.59. The molecule has 0 unspecified atom stereocenters. The monoisotopic (exact) mass is 214 g/mol. The smallest absolute Gasteiger partial charge is 0.266 e. The molecule has 1 N–H and O–H groups in total. The second kappa shape index (κ2) is 3.99. The molecule has 0 bridgehead atoms. The van der Waals surface area contributed by atoms with Crippen LogP contribution in [0.25, 0.3) is 11.3 Å². The average Bonchev–Trinajstić information content (AvgIpc) is 2.29. The molecule has 1 aromatic carbocycles. The van der Waals surface area contributed by atoms with Crippen LogP contribution in [0.2, 0.25) is 0 Å². The number of hydrogen-bond donors (Lipinski definition) is 1. The maximum absolute atomic E-state index is 13.0. The van der Waals surface area contributed by atoms with Gasteiger partial charge in [0.15, 0.2) is 0 Å². The van der Waals surface area contributed by atoms with Crippen molar-refractivity contribution in [1.82, 2.24) is 4.98 Å². The van der Waals surface area contributed by atoms with Gasteiger partial charge < -0.3 is 4.98 Å². The van der Waals surface area contributed by atoms with Crippen molar-refractivity contribution in [1.29, 1.82) is 5.26 Å². The number of hydrogen-bond acceptors (Lipinski definition) is 2. The number of nitrogens with one attached hydrogen (secondary N) is 1. The van der Waals surface area contributed by atoms with Gasteiger partial charge in [0.2, 0.25) is 0 Å². The molecule has 2 aromatic rings. The fourth-order valence-corrected chi connectivity index (χ4v) is 1.39. The molecule has 0 atom stereocenters. The number of benzene rings is 1. The average molecular weight is 214 g/mol. The highest BCUT2D eigenvalue weighted by Gasteiger charge is 2.02. The Kier molecular flexibility index (Phi) is 2.52. The summed E-state index contributed by atoms with van der Waals surface area (Å²) in [6.45, 7) is 0. The Morgan fingerprint density at radius 2 is 2.06 bits per heavy atom. The first-order chi connectivity index (χ1) is 7.70. The number of nitrogens with zero attached hydrogens (tertiary/aromatic N) is 1. The summed E-state index contributed by atoms with van der Waals surface area (Å²) in [4.78, 5) is 13.9. The van der Waals surface area contributed by atoms with Gasteiger partial charge in [-0.3, -0.25) is 4.79 Å². The standard InChI is InChI=1S/C12H7FN2O/c13-10-3-1-2-8(6-10)11-5-4-9(7-14)12(16)15-11/h1-6H,(H,15,16). The van der Waals surface area contributed by atoms with E-state index in [1.165, 1.54) is 18.2 Å². The van der Waals surface area contributed by atoms with Crippen molar-refractivity contribution in [2.45, 2.75) is 0 Å². The first-order valence-electron chi connectivity index (χ1n) is 4.60. The highest BCUT2D eigenvalue weighted by atomic mass is 19.1. The van der Waals surface area contributed by atoms with Crippen LogP contribution in [0.3, 0.4) is 0 Å². The number of aromatic amines is 1. The summed E-state index contributed by atoms with van der Waals surface area (Å²) >= 11 is 0. The van der Waals surface area contributed by atoms with E-state index in [0.29, 0.717) is 11.3 Å². The lowest BCUT2D eigenvalue weighted by Crippen LogP contribution is -2.10. The third kappa shape index (κ3) is 1.84. The lowest BCUT2D eigenvalue weighted by atomic mass is 10.1. The summed E-state index contributed by atoms with van der Waals surface area (Å²) in [5.41, 5.74) is 0.634. The van der Waals surface area contributed by atoms with Gasteiger partial charge in [-0.2, -0.15) is 5.26 Å². The summed E-state index contributed by atoms with van der Waals surface area (Å²) in [5.74, 6) is -0.372. The van der Waals surface area contributed by atoms with E-state index >= 15 is 0 Å². The first kappa shape index (κ1) is 10.1. The molecule has 1 heterocycles. The molecule has 0 aliphatic rings. The molecule has 0 fully saturated rings. The summed E-state index contributed by atoms with van der Waals surface area (Å²) in [6, 6.07) is 10.6. The topological polar surface area (TPSA) is 56.6 Å². The molecule has 0 saturated heterocycles. The van der Waals surface area contributed by atoms with Gasteiger partial charge >= 0.3 is 0 Å². The van der Waals surface area contributed by atoms with Gasteiger partial charge in [0.25, 0.3) is 5.56 Å². The Balaban J connectivity index is 2.55. The van der Waals surface area contributed by atoms with E-state index in [9.17, 15) is 9.18 Å². The lowest BCUT2D eigenvalue weighted by molar-refractivity contribution is 0.628. The lowest BCUT2D eigenvalue weighted by Gasteiger charge is -2.01. The van der Waals surface area contributed by atoms with Crippen molar-refractivity contribution < 1.29 is 4.39 Å². The van der Waals surface area contributed by atoms with Crippen LogP contribution in [0.5, 0.6) is 0 Å². The second-order valence-corrected chi connectivity index (χ2v) is 3.24. The highest BCUT2D eigenvalue weighted by molar-refractivity contribution is 5.59. The zero-order chi connectivity index (χ0) is 11.5. The van der Waals surface area contributed by atoms with Gasteiger partial charge in [-0.15, -0.1) is 0 Å². The maximum atomic E-state index is 13.0. The molecule has 0 saturated carbocycles. The number of H-pyrrole nitrogens is 1. The number of aromatic nitrogens is 1. The molecule has 0 amide bonds. The molecule has 4 heteroatoms. The molecule has 0 aliphatic carbocycles. The van der Waals surface area contributed by atoms with Gasteiger partial charge in [0.05, 0.1) is 0 Å². The van der Waals surface area contributed by atoms with E-state index in [0.717, 1.165) is 0 Å². The first-order valence-corrected chi connectivity index (χ1v) is 4.60. The Morgan fingerprint density at radius 1 is 1.25 bits per heavy atom. The minimum absolute atomic E-state index is 0.0418. The maximum Gasteiger partial charge on any atom is 0.266 e. The van der Waals surface area contributed by atoms with Crippen molar-refractivity contribution in [3.05, 3.63) is 58.1 Å². The minimum atomic E-state index is -0.468. The largest absolute Gasteiger partial charge is 0.321 e. The van der Waals surface area contributed by atoms with Crippen LogP contribution in [-0.4, -0.2) is 4.98 Å². The zero-order valence-corrected chi connectivity index (χ0v) is 8.20. The predicted octanol–water partition coefficient (Wildman–Crippen LogP) is 2.05. The van der Waals surface area contributed by atoms with Crippen molar-refractivity contribution in [2.75, 3.05) is 0 Å². The number of rotatable bonds is 1. The SMILES string of the molecule is N#Cc1ccc(-c2cccc(F)c2)[nH]c1=O. The van der Waals surface area contributed by atoms with Crippen molar-refractivity contribution in [3.8, 4) is 17.3 Å². The second-order valence-electron chi connectivity index (χ2n) is 3.24. The number of nitriles is 1. The molecular formula is C12H7FN2O. The Bertz CT molecular complexity index is 625. The van der Waals surface area contributed by atoms with E-state index < -0.39 is 5.56 Å². The van der Waals surface area contributed by atoms with Crippen LogP contribution in [0.15, 0.2) is 41.2 Å².